The summed E-state index contributed by atoms with van der Waals surface area (Å²) in [6.07, 6.45) is 0. The number of nitrogens with two attached hydrogens (primary N) is 1. The molecule has 3 aromatic carbocycles. The van der Waals surface area contributed by atoms with Gasteiger partial charge in [0.25, 0.3) is 0 Å². The molecule has 4 rings (SSSR count). The van der Waals surface area contributed by atoms with Gasteiger partial charge in [-0.1, -0.05) is 41.4 Å². The molecule has 30 heavy (non-hydrogen) atoms. The average Bonchev–Trinajstić information content (AvgIpc) is 3.06. The molecule has 0 saturated carbocycles. The van der Waals surface area contributed by atoms with Gasteiger partial charge in [-0.2, -0.15) is 0 Å². The van der Waals surface area contributed by atoms with Crippen LogP contribution in [0.3, 0.4) is 0 Å². The minimum absolute atomic E-state index is 0.0879. The monoisotopic (exact) mass is 441 g/mol. The minimum atomic E-state index is -0.688. The first-order valence-electron chi connectivity index (χ1n) is 9.01. The van der Waals surface area contributed by atoms with E-state index < -0.39 is 5.97 Å². The van der Waals surface area contributed by atoms with Crippen LogP contribution in [0.25, 0.3) is 10.9 Å². The molecule has 0 fully saturated rings. The summed E-state index contributed by atoms with van der Waals surface area (Å²) in [5.41, 5.74) is 8.31. The third kappa shape index (κ3) is 3.92. The Morgan fingerprint density at radius 2 is 1.77 bits per heavy atom. The van der Waals surface area contributed by atoms with Gasteiger partial charge in [0.1, 0.15) is 5.75 Å². The smallest absolute Gasteiger partial charge is 0.347 e. The number of benzene rings is 3. The number of nitrogen functional groups attached to an aromatic ring is 1. The summed E-state index contributed by atoms with van der Waals surface area (Å²) in [6, 6.07) is 17.7. The Morgan fingerprint density at radius 3 is 2.43 bits per heavy atom. The molecule has 8 heteroatoms. The standard InChI is InChI=1S/C22H17Cl2N3O3/c1-29-15-9-10-19-16(11-15)21(26-27(19)12-13-5-7-14(25)8-6-13)30-22(28)20-17(23)3-2-4-18(20)24/h2-11H,12,25H2,1H3. The molecule has 0 aliphatic carbocycles. The fraction of sp³-hybridized carbons (Fsp3) is 0.0909. The van der Waals surface area contributed by atoms with E-state index in [9.17, 15) is 4.79 Å². The number of ether oxygens (including phenoxy) is 2. The van der Waals surface area contributed by atoms with Gasteiger partial charge < -0.3 is 15.2 Å². The predicted molar refractivity (Wildman–Crippen MR) is 118 cm³/mol. The number of fused-ring (bicyclic) bond motifs is 1. The van der Waals surface area contributed by atoms with Gasteiger partial charge in [0, 0.05) is 5.69 Å². The summed E-state index contributed by atoms with van der Waals surface area (Å²) < 4.78 is 12.7. The SMILES string of the molecule is COc1ccc2c(c1)c(OC(=O)c1c(Cl)cccc1Cl)nn2Cc1ccc(N)cc1. The van der Waals surface area contributed by atoms with Crippen LogP contribution in [0.2, 0.25) is 10.0 Å². The second-order valence-corrected chi connectivity index (χ2v) is 7.39. The number of rotatable bonds is 5. The summed E-state index contributed by atoms with van der Waals surface area (Å²) >= 11 is 12.3. The summed E-state index contributed by atoms with van der Waals surface area (Å²) in [5, 5.41) is 5.54. The Kier molecular flexibility index (Phi) is 5.53. The van der Waals surface area contributed by atoms with E-state index in [0.29, 0.717) is 23.4 Å². The molecular formula is C22H17Cl2N3O3. The van der Waals surface area contributed by atoms with Crippen LogP contribution in [0.5, 0.6) is 11.6 Å². The van der Waals surface area contributed by atoms with Crippen molar-refractivity contribution in [2.24, 2.45) is 0 Å². The second kappa shape index (κ2) is 8.26. The van der Waals surface area contributed by atoms with Gasteiger partial charge in [-0.25, -0.2) is 4.79 Å². The van der Waals surface area contributed by atoms with Crippen molar-refractivity contribution < 1.29 is 14.3 Å². The number of carbonyl (C=O) groups excluding carboxylic acids is 1. The first-order chi connectivity index (χ1) is 14.5. The lowest BCUT2D eigenvalue weighted by Crippen LogP contribution is -2.11. The average molecular weight is 442 g/mol. The zero-order chi connectivity index (χ0) is 21.3. The van der Waals surface area contributed by atoms with E-state index in [1.54, 1.807) is 36.1 Å². The highest BCUT2D eigenvalue weighted by Gasteiger charge is 2.21. The van der Waals surface area contributed by atoms with Crippen LogP contribution in [-0.4, -0.2) is 22.9 Å². The Bertz CT molecular complexity index is 1220. The molecule has 0 aliphatic rings. The maximum Gasteiger partial charge on any atom is 0.347 e. The van der Waals surface area contributed by atoms with Crippen molar-refractivity contribution in [3.63, 3.8) is 0 Å². The van der Waals surface area contributed by atoms with E-state index in [0.717, 1.165) is 11.1 Å². The van der Waals surface area contributed by atoms with Gasteiger partial charge in [0.15, 0.2) is 0 Å². The van der Waals surface area contributed by atoms with Crippen LogP contribution in [0, 0.1) is 0 Å². The normalized spacial score (nSPS) is 10.9. The van der Waals surface area contributed by atoms with E-state index >= 15 is 0 Å². The van der Waals surface area contributed by atoms with Crippen LogP contribution in [0.1, 0.15) is 15.9 Å². The third-order valence-corrected chi connectivity index (χ3v) is 5.22. The molecule has 0 unspecified atom stereocenters. The van der Waals surface area contributed by atoms with Gasteiger partial charge in [0.2, 0.25) is 5.88 Å². The van der Waals surface area contributed by atoms with Crippen molar-refractivity contribution in [2.45, 2.75) is 6.54 Å². The maximum absolute atomic E-state index is 12.8. The molecule has 1 aromatic heterocycles. The molecule has 0 bridgehead atoms. The maximum atomic E-state index is 12.8. The van der Waals surface area contributed by atoms with Crippen molar-refractivity contribution in [3.8, 4) is 11.6 Å². The summed E-state index contributed by atoms with van der Waals surface area (Å²) in [4.78, 5) is 12.8. The summed E-state index contributed by atoms with van der Waals surface area (Å²) in [5.74, 6) is 0.0652. The van der Waals surface area contributed by atoms with Crippen molar-refractivity contribution in [2.75, 3.05) is 12.8 Å². The first kappa shape index (κ1) is 20.1. The first-order valence-corrected chi connectivity index (χ1v) is 9.77. The topological polar surface area (TPSA) is 79.4 Å². The van der Waals surface area contributed by atoms with E-state index in [2.05, 4.69) is 5.10 Å². The fourth-order valence-corrected chi connectivity index (χ4v) is 3.63. The molecule has 1 heterocycles. The highest BCUT2D eigenvalue weighted by Crippen LogP contribution is 2.32. The molecule has 4 aromatic rings. The molecule has 152 valence electrons. The lowest BCUT2D eigenvalue weighted by Gasteiger charge is -2.06. The number of carbonyl (C=O) groups is 1. The van der Waals surface area contributed by atoms with Crippen LogP contribution in [-0.2, 0) is 6.54 Å². The van der Waals surface area contributed by atoms with Crippen LogP contribution in [0.15, 0.2) is 60.7 Å². The summed E-state index contributed by atoms with van der Waals surface area (Å²) in [6.45, 7) is 0.466. The third-order valence-electron chi connectivity index (χ3n) is 4.59. The number of hydrogen-bond acceptors (Lipinski definition) is 5. The van der Waals surface area contributed by atoms with Gasteiger partial charge in [-0.3, -0.25) is 4.68 Å². The number of halogens is 2. The van der Waals surface area contributed by atoms with E-state index in [4.69, 9.17) is 38.4 Å². The van der Waals surface area contributed by atoms with E-state index in [1.165, 1.54) is 0 Å². The molecule has 0 saturated heterocycles. The number of hydrogen-bond donors (Lipinski definition) is 1. The van der Waals surface area contributed by atoms with Crippen LogP contribution in [0.4, 0.5) is 5.69 Å². The molecule has 6 nitrogen and oxygen atoms in total. The van der Waals surface area contributed by atoms with Gasteiger partial charge in [-0.05, 0) is 48.0 Å². The number of aromatic nitrogens is 2. The highest BCUT2D eigenvalue weighted by atomic mass is 35.5. The molecule has 0 atom stereocenters. The largest absolute Gasteiger partial charge is 0.497 e. The van der Waals surface area contributed by atoms with Crippen molar-refractivity contribution in [1.82, 2.24) is 9.78 Å². The number of esters is 1. The molecule has 0 amide bonds. The van der Waals surface area contributed by atoms with Crippen molar-refractivity contribution >= 4 is 45.8 Å². The minimum Gasteiger partial charge on any atom is -0.497 e. The van der Waals surface area contributed by atoms with E-state index in [1.807, 2.05) is 36.4 Å². The number of anilines is 1. The van der Waals surface area contributed by atoms with Crippen LogP contribution >= 0.6 is 23.2 Å². The predicted octanol–water partition coefficient (Wildman–Crippen LogP) is 5.20. The quantitative estimate of drug-likeness (QED) is 0.340. The second-order valence-electron chi connectivity index (χ2n) is 6.57. The van der Waals surface area contributed by atoms with Crippen LogP contribution < -0.4 is 15.2 Å². The molecule has 0 radical (unpaired) electrons. The number of nitrogens with zero attached hydrogens (tertiary/aromatic N) is 2. The molecule has 0 aliphatic heterocycles. The zero-order valence-electron chi connectivity index (χ0n) is 15.9. The number of methoxy groups -OCH3 is 1. The fourth-order valence-electron chi connectivity index (χ4n) is 3.08. The Morgan fingerprint density at radius 1 is 1.07 bits per heavy atom. The van der Waals surface area contributed by atoms with Crippen molar-refractivity contribution in [3.05, 3.63) is 81.8 Å². The Balaban J connectivity index is 1.75. The lowest BCUT2D eigenvalue weighted by molar-refractivity contribution is 0.0729. The molecule has 0 spiro atoms. The van der Waals surface area contributed by atoms with E-state index in [-0.39, 0.29) is 21.5 Å². The Hall–Kier alpha value is -3.22. The van der Waals surface area contributed by atoms with Gasteiger partial charge >= 0.3 is 5.97 Å². The zero-order valence-corrected chi connectivity index (χ0v) is 17.4. The van der Waals surface area contributed by atoms with Gasteiger partial charge in [-0.15, -0.1) is 5.10 Å². The molecular weight excluding hydrogens is 425 g/mol. The van der Waals surface area contributed by atoms with Crippen molar-refractivity contribution in [1.29, 1.82) is 0 Å². The lowest BCUT2D eigenvalue weighted by atomic mass is 10.2. The highest BCUT2D eigenvalue weighted by molar-refractivity contribution is 6.39. The Labute approximate surface area is 182 Å². The molecule has 2 N–H and O–H groups in total. The van der Waals surface area contributed by atoms with Gasteiger partial charge in [0.05, 0.1) is 40.2 Å². The summed E-state index contributed by atoms with van der Waals surface area (Å²) in [7, 11) is 1.56.